The number of carbonyl (C=O) groups is 1. The monoisotopic (exact) mass is 494 g/mol. The number of hydrogen-bond donors (Lipinski definition) is 2. The number of amides is 1. The quantitative estimate of drug-likeness (QED) is 0.464. The summed E-state index contributed by atoms with van der Waals surface area (Å²) >= 11 is 5.77. The maximum atomic E-state index is 13.7. The summed E-state index contributed by atoms with van der Waals surface area (Å²) < 4.78 is 21.6. The van der Waals surface area contributed by atoms with E-state index < -0.39 is 6.04 Å². The van der Waals surface area contributed by atoms with Crippen LogP contribution in [0, 0.1) is 6.92 Å². The van der Waals surface area contributed by atoms with Crippen LogP contribution in [0.25, 0.3) is 0 Å². The number of aromatic nitrogens is 1. The van der Waals surface area contributed by atoms with Crippen molar-refractivity contribution in [2.24, 2.45) is 0 Å². The molecular weight excluding hydrogens is 468 g/mol. The van der Waals surface area contributed by atoms with Crippen molar-refractivity contribution in [1.29, 1.82) is 0 Å². The molecule has 2 aromatic carbocycles. The van der Waals surface area contributed by atoms with Crippen LogP contribution >= 0.6 is 12.2 Å². The molecule has 1 atom stereocenters. The van der Waals surface area contributed by atoms with E-state index in [-0.39, 0.29) is 5.91 Å². The minimum atomic E-state index is -0.609. The van der Waals surface area contributed by atoms with Crippen molar-refractivity contribution in [1.82, 2.24) is 10.5 Å². The largest absolute Gasteiger partial charge is 0.497 e. The van der Waals surface area contributed by atoms with Crippen LogP contribution in [0.2, 0.25) is 0 Å². The van der Waals surface area contributed by atoms with E-state index in [2.05, 4.69) is 15.8 Å². The van der Waals surface area contributed by atoms with Gasteiger partial charge in [0.15, 0.2) is 10.9 Å². The molecule has 1 aliphatic heterocycles. The van der Waals surface area contributed by atoms with Crippen LogP contribution in [0.1, 0.15) is 24.3 Å². The maximum absolute atomic E-state index is 13.7. The Bertz CT molecular complexity index is 1300. The summed E-state index contributed by atoms with van der Waals surface area (Å²) in [5, 5.41) is 10.5. The smallest absolute Gasteiger partial charge is 0.257 e. The highest BCUT2D eigenvalue weighted by atomic mass is 32.1. The second-order valence-electron chi connectivity index (χ2n) is 7.77. The Balaban J connectivity index is 1.87. The summed E-state index contributed by atoms with van der Waals surface area (Å²) in [5.41, 5.74) is 2.47. The van der Waals surface area contributed by atoms with Crippen LogP contribution in [0.15, 0.2) is 64.3 Å². The van der Waals surface area contributed by atoms with Gasteiger partial charge in [0.1, 0.15) is 23.0 Å². The molecule has 0 saturated carbocycles. The van der Waals surface area contributed by atoms with Gasteiger partial charge in [-0.1, -0.05) is 17.3 Å². The molecule has 1 aliphatic rings. The summed E-state index contributed by atoms with van der Waals surface area (Å²) in [5.74, 6) is 2.32. The molecule has 0 saturated heterocycles. The highest BCUT2D eigenvalue weighted by molar-refractivity contribution is 7.80. The van der Waals surface area contributed by atoms with Crippen LogP contribution < -0.4 is 29.7 Å². The SMILES string of the molecule is COc1ccc(C2NC(=S)N(c3ccccc3OC)C(C)=C2C(=O)Nc2cc(C)on2)c(OC)c1. The molecule has 1 unspecified atom stereocenters. The molecule has 0 spiro atoms. The van der Waals surface area contributed by atoms with Gasteiger partial charge in [-0.3, -0.25) is 9.69 Å². The standard InChI is InChI=1S/C25H26N4O5S/c1-14-12-21(28-34-14)26-24(30)22-15(2)29(18-8-6-7-9-19(18)32-4)25(35)27-23(22)17-11-10-16(31-3)13-20(17)33-5/h6-13,23H,1-5H3,(H,27,35)(H,26,28,30). The number of anilines is 2. The number of methoxy groups -OCH3 is 3. The van der Waals surface area contributed by atoms with Crippen molar-refractivity contribution < 1.29 is 23.5 Å². The summed E-state index contributed by atoms with van der Waals surface area (Å²) in [6.07, 6.45) is 0. The molecule has 35 heavy (non-hydrogen) atoms. The molecule has 1 aromatic heterocycles. The van der Waals surface area contributed by atoms with Gasteiger partial charge in [-0.15, -0.1) is 0 Å². The second kappa shape index (κ2) is 10.1. The van der Waals surface area contributed by atoms with E-state index >= 15 is 0 Å². The average Bonchev–Trinajstić information content (AvgIpc) is 3.27. The van der Waals surface area contributed by atoms with Crippen molar-refractivity contribution >= 4 is 34.7 Å². The molecule has 0 aliphatic carbocycles. The van der Waals surface area contributed by atoms with Crippen molar-refractivity contribution in [3.63, 3.8) is 0 Å². The highest BCUT2D eigenvalue weighted by Gasteiger charge is 2.37. The molecule has 1 amide bonds. The molecule has 10 heteroatoms. The Morgan fingerprint density at radius 3 is 2.46 bits per heavy atom. The van der Waals surface area contributed by atoms with E-state index in [0.717, 1.165) is 5.56 Å². The fourth-order valence-corrected chi connectivity index (χ4v) is 4.39. The number of carbonyl (C=O) groups excluding carboxylic acids is 1. The molecule has 2 heterocycles. The van der Waals surface area contributed by atoms with Crippen LogP contribution in [-0.4, -0.2) is 37.5 Å². The number of thiocarbonyl (C=S) groups is 1. The zero-order valence-corrected chi connectivity index (χ0v) is 20.9. The fraction of sp³-hybridized carbons (Fsp3) is 0.240. The Morgan fingerprint density at radius 2 is 1.80 bits per heavy atom. The molecule has 3 aromatic rings. The Morgan fingerprint density at radius 1 is 1.06 bits per heavy atom. The first kappa shape index (κ1) is 24.1. The third-order valence-corrected chi connectivity index (χ3v) is 5.98. The van der Waals surface area contributed by atoms with Gasteiger partial charge in [-0.25, -0.2) is 0 Å². The van der Waals surface area contributed by atoms with Gasteiger partial charge in [0.2, 0.25) is 0 Å². The second-order valence-corrected chi connectivity index (χ2v) is 8.16. The third kappa shape index (κ3) is 4.65. The van der Waals surface area contributed by atoms with Gasteiger partial charge < -0.3 is 29.4 Å². The topological polar surface area (TPSA) is 98.1 Å². The van der Waals surface area contributed by atoms with Crippen LogP contribution in [0.4, 0.5) is 11.5 Å². The van der Waals surface area contributed by atoms with E-state index in [1.54, 1.807) is 51.4 Å². The first-order valence-electron chi connectivity index (χ1n) is 10.8. The zero-order valence-electron chi connectivity index (χ0n) is 20.0. The maximum Gasteiger partial charge on any atom is 0.257 e. The number of aryl methyl sites for hydroxylation is 1. The van der Waals surface area contributed by atoms with Gasteiger partial charge in [0.05, 0.1) is 38.6 Å². The first-order valence-corrected chi connectivity index (χ1v) is 11.2. The lowest BCUT2D eigenvalue weighted by Crippen LogP contribution is -2.48. The van der Waals surface area contributed by atoms with E-state index in [9.17, 15) is 4.79 Å². The number of rotatable bonds is 7. The molecule has 4 rings (SSSR count). The van der Waals surface area contributed by atoms with Gasteiger partial charge >= 0.3 is 0 Å². The van der Waals surface area contributed by atoms with Gasteiger partial charge in [-0.05, 0) is 50.3 Å². The summed E-state index contributed by atoms with van der Waals surface area (Å²) in [7, 11) is 4.73. The van der Waals surface area contributed by atoms with Gasteiger partial charge in [0, 0.05) is 23.4 Å². The van der Waals surface area contributed by atoms with Crippen LogP contribution in [0.5, 0.6) is 17.2 Å². The van der Waals surface area contributed by atoms with Crippen molar-refractivity contribution in [2.75, 3.05) is 31.5 Å². The van der Waals surface area contributed by atoms with Crippen molar-refractivity contribution in [2.45, 2.75) is 19.9 Å². The summed E-state index contributed by atoms with van der Waals surface area (Å²) in [4.78, 5) is 15.5. The van der Waals surface area contributed by atoms with Gasteiger partial charge in [0.25, 0.3) is 5.91 Å². The van der Waals surface area contributed by atoms with E-state index in [1.165, 1.54) is 0 Å². The highest BCUT2D eigenvalue weighted by Crippen LogP contribution is 2.40. The van der Waals surface area contributed by atoms with Crippen molar-refractivity contribution in [3.05, 3.63) is 71.1 Å². The normalized spacial score (nSPS) is 15.5. The van der Waals surface area contributed by atoms with E-state index in [4.69, 9.17) is 31.0 Å². The first-order chi connectivity index (χ1) is 16.9. The van der Waals surface area contributed by atoms with Crippen LogP contribution in [0.3, 0.4) is 0 Å². The number of para-hydroxylation sites is 2. The third-order valence-electron chi connectivity index (χ3n) is 5.68. The molecular formula is C25H26N4O5S. The Labute approximate surface area is 208 Å². The molecule has 182 valence electrons. The van der Waals surface area contributed by atoms with Crippen molar-refractivity contribution in [3.8, 4) is 17.2 Å². The minimum Gasteiger partial charge on any atom is -0.497 e. The van der Waals surface area contributed by atoms with Gasteiger partial charge in [-0.2, -0.15) is 0 Å². The predicted octanol–water partition coefficient (Wildman–Crippen LogP) is 4.36. The Kier molecular flexibility index (Phi) is 6.92. The molecule has 0 fully saturated rings. The number of hydrogen-bond acceptors (Lipinski definition) is 7. The number of nitrogens with zero attached hydrogens (tertiary/aromatic N) is 2. The van der Waals surface area contributed by atoms with Crippen LogP contribution in [-0.2, 0) is 4.79 Å². The lowest BCUT2D eigenvalue weighted by Gasteiger charge is -2.38. The number of nitrogens with one attached hydrogen (secondary N) is 2. The molecule has 0 radical (unpaired) electrons. The predicted molar refractivity (Wildman–Crippen MR) is 136 cm³/mol. The number of allylic oxidation sites excluding steroid dienone is 1. The minimum absolute atomic E-state index is 0.310. The number of benzene rings is 2. The molecule has 2 N–H and O–H groups in total. The Hall–Kier alpha value is -4.05. The van der Waals surface area contributed by atoms with E-state index in [0.29, 0.717) is 50.9 Å². The zero-order chi connectivity index (χ0) is 25.1. The average molecular weight is 495 g/mol. The molecule has 0 bridgehead atoms. The summed E-state index contributed by atoms with van der Waals surface area (Å²) in [6.45, 7) is 3.59. The fourth-order valence-electron chi connectivity index (χ4n) is 4.04. The lowest BCUT2D eigenvalue weighted by atomic mass is 9.93. The lowest BCUT2D eigenvalue weighted by molar-refractivity contribution is -0.113. The molecule has 9 nitrogen and oxygen atoms in total. The number of ether oxygens (including phenoxy) is 3. The van der Waals surface area contributed by atoms with E-state index in [1.807, 2.05) is 37.3 Å². The summed E-state index contributed by atoms with van der Waals surface area (Å²) in [6, 6.07) is 13.9.